The van der Waals surface area contributed by atoms with Gasteiger partial charge in [-0.15, -0.1) is 0 Å². The summed E-state index contributed by atoms with van der Waals surface area (Å²) < 4.78 is 28.7. The Morgan fingerprint density at radius 3 is 2.41 bits per heavy atom. The predicted octanol–water partition coefficient (Wildman–Crippen LogP) is 6.53. The molecule has 0 spiro atoms. The van der Waals surface area contributed by atoms with Crippen LogP contribution in [0.25, 0.3) is 22.5 Å². The SMILES string of the molecule is CCC(F)(F)c1cccc(NC(=O)c2c(C)[nH]c(-c3ccc(C#N)c(-c4c(C)cccc4C)c3)[n+]2[O-])c1. The highest BCUT2D eigenvalue weighted by Gasteiger charge is 2.30. The van der Waals surface area contributed by atoms with Crippen LogP contribution < -0.4 is 10.0 Å². The van der Waals surface area contributed by atoms with E-state index >= 15 is 0 Å². The summed E-state index contributed by atoms with van der Waals surface area (Å²) in [6, 6.07) is 18.5. The number of hydrogen-bond donors (Lipinski definition) is 2. The topological polar surface area (TPSA) is 95.6 Å². The van der Waals surface area contributed by atoms with Gasteiger partial charge in [-0.25, -0.2) is 18.5 Å². The van der Waals surface area contributed by atoms with Gasteiger partial charge < -0.3 is 10.5 Å². The van der Waals surface area contributed by atoms with Gasteiger partial charge in [-0.05, 0) is 60.9 Å². The molecule has 0 aliphatic rings. The van der Waals surface area contributed by atoms with E-state index in [-0.39, 0.29) is 29.2 Å². The van der Waals surface area contributed by atoms with E-state index < -0.39 is 11.8 Å². The number of aromatic nitrogens is 2. The molecule has 1 heterocycles. The van der Waals surface area contributed by atoms with Crippen molar-refractivity contribution in [1.82, 2.24) is 4.98 Å². The number of carbonyl (C=O) groups is 1. The fraction of sp³-hybridized carbons (Fsp3) is 0.207. The average Bonchev–Trinajstić information content (AvgIpc) is 3.17. The summed E-state index contributed by atoms with van der Waals surface area (Å²) in [5.41, 5.74) is 4.60. The van der Waals surface area contributed by atoms with Gasteiger partial charge in [-0.1, -0.05) is 37.3 Å². The van der Waals surface area contributed by atoms with Gasteiger partial charge in [0, 0.05) is 30.2 Å². The smallest absolute Gasteiger partial charge is 0.300 e. The van der Waals surface area contributed by atoms with E-state index in [0.717, 1.165) is 16.7 Å². The van der Waals surface area contributed by atoms with Gasteiger partial charge in [0.1, 0.15) is 0 Å². The molecule has 0 radical (unpaired) electrons. The normalized spacial score (nSPS) is 11.3. The Balaban J connectivity index is 1.73. The number of benzene rings is 3. The summed E-state index contributed by atoms with van der Waals surface area (Å²) in [4.78, 5) is 16.0. The minimum absolute atomic E-state index is 0.130. The molecule has 1 aromatic heterocycles. The van der Waals surface area contributed by atoms with E-state index in [4.69, 9.17) is 0 Å². The standard InChI is InChI=1S/C29H26F2N4O2/c1-5-29(30,31)22-10-7-11-23(15-22)34-28(36)26-19(4)33-27(35(26)37)20-12-13-21(16-32)24(14-20)25-17(2)8-6-9-18(25)3/h6-15,33H,5H2,1-4H3,(H,34,36). The molecular weight excluding hydrogens is 474 g/mol. The fourth-order valence-electron chi connectivity index (χ4n) is 4.46. The van der Waals surface area contributed by atoms with E-state index in [1.54, 1.807) is 25.1 Å². The van der Waals surface area contributed by atoms with E-state index in [0.29, 0.717) is 27.1 Å². The quantitative estimate of drug-likeness (QED) is 0.233. The molecule has 0 unspecified atom stereocenters. The molecule has 4 aromatic rings. The number of nitriles is 1. The number of imidazole rings is 1. The Morgan fingerprint density at radius 2 is 1.76 bits per heavy atom. The van der Waals surface area contributed by atoms with Gasteiger partial charge in [0.25, 0.3) is 17.7 Å². The van der Waals surface area contributed by atoms with Crippen molar-refractivity contribution >= 4 is 11.6 Å². The number of carbonyl (C=O) groups excluding carboxylic acids is 1. The molecule has 0 saturated carbocycles. The second kappa shape index (κ2) is 9.86. The first-order valence-electron chi connectivity index (χ1n) is 11.8. The van der Waals surface area contributed by atoms with Crippen molar-refractivity contribution in [3.63, 3.8) is 0 Å². The van der Waals surface area contributed by atoms with E-state index in [1.165, 1.54) is 31.2 Å². The van der Waals surface area contributed by atoms with E-state index in [2.05, 4.69) is 16.4 Å². The first kappa shape index (κ1) is 25.6. The molecule has 4 rings (SSSR count). The summed E-state index contributed by atoms with van der Waals surface area (Å²) in [5, 5.41) is 25.5. The van der Waals surface area contributed by atoms with Crippen LogP contribution in [-0.2, 0) is 5.92 Å². The van der Waals surface area contributed by atoms with Crippen LogP contribution in [-0.4, -0.2) is 10.9 Å². The molecule has 0 aliphatic carbocycles. The van der Waals surface area contributed by atoms with Crippen LogP contribution in [0.1, 0.15) is 51.8 Å². The third kappa shape index (κ3) is 4.81. The highest BCUT2D eigenvalue weighted by atomic mass is 19.3. The Labute approximate surface area is 213 Å². The average molecular weight is 501 g/mol. The Bertz CT molecular complexity index is 1530. The van der Waals surface area contributed by atoms with Crippen molar-refractivity contribution in [1.29, 1.82) is 5.26 Å². The van der Waals surface area contributed by atoms with E-state index in [9.17, 15) is 24.0 Å². The van der Waals surface area contributed by atoms with Crippen LogP contribution in [0.3, 0.4) is 0 Å². The zero-order valence-electron chi connectivity index (χ0n) is 20.9. The summed E-state index contributed by atoms with van der Waals surface area (Å²) in [6.07, 6.45) is -0.375. The molecule has 0 bridgehead atoms. The molecule has 8 heteroatoms. The number of alkyl halides is 2. The van der Waals surface area contributed by atoms with Crippen LogP contribution in [0.5, 0.6) is 0 Å². The first-order chi connectivity index (χ1) is 17.6. The second-order valence-electron chi connectivity index (χ2n) is 8.97. The van der Waals surface area contributed by atoms with Crippen molar-refractivity contribution < 1.29 is 18.3 Å². The highest BCUT2D eigenvalue weighted by Crippen LogP contribution is 2.34. The molecule has 0 fully saturated rings. The van der Waals surface area contributed by atoms with Crippen LogP contribution in [0, 0.1) is 37.3 Å². The summed E-state index contributed by atoms with van der Waals surface area (Å²) in [5.74, 6) is -3.62. The van der Waals surface area contributed by atoms with Gasteiger partial charge >= 0.3 is 0 Å². The maximum Gasteiger partial charge on any atom is 0.300 e. The third-order valence-electron chi connectivity index (χ3n) is 6.43. The number of nitrogens with one attached hydrogen (secondary N) is 2. The lowest BCUT2D eigenvalue weighted by Crippen LogP contribution is -2.36. The number of anilines is 1. The fourth-order valence-corrected chi connectivity index (χ4v) is 4.46. The van der Waals surface area contributed by atoms with Crippen molar-refractivity contribution in [2.75, 3.05) is 5.32 Å². The number of amides is 1. The largest absolute Gasteiger partial charge is 0.710 e. The van der Waals surface area contributed by atoms with Gasteiger partial charge in [0.2, 0.25) is 5.69 Å². The molecule has 0 saturated heterocycles. The lowest BCUT2D eigenvalue weighted by Gasteiger charge is -2.15. The van der Waals surface area contributed by atoms with Crippen LogP contribution in [0.4, 0.5) is 14.5 Å². The third-order valence-corrected chi connectivity index (χ3v) is 6.43. The zero-order valence-corrected chi connectivity index (χ0v) is 20.9. The maximum atomic E-state index is 14.1. The molecule has 37 heavy (non-hydrogen) atoms. The van der Waals surface area contributed by atoms with Crippen LogP contribution in [0.15, 0.2) is 60.7 Å². The number of aryl methyl sites for hydroxylation is 3. The molecule has 2 N–H and O–H groups in total. The summed E-state index contributed by atoms with van der Waals surface area (Å²) in [6.45, 7) is 6.88. The summed E-state index contributed by atoms with van der Waals surface area (Å²) >= 11 is 0. The number of nitrogens with zero attached hydrogens (tertiary/aromatic N) is 2. The maximum absolute atomic E-state index is 14.1. The predicted molar refractivity (Wildman–Crippen MR) is 138 cm³/mol. The Hall–Kier alpha value is -4.51. The Kier molecular flexibility index (Phi) is 6.82. The molecule has 0 atom stereocenters. The van der Waals surface area contributed by atoms with Gasteiger partial charge in [0.15, 0.2) is 5.69 Å². The number of aromatic amines is 1. The molecule has 0 aliphatic heterocycles. The minimum atomic E-state index is -3.03. The number of rotatable bonds is 6. The zero-order chi connectivity index (χ0) is 26.9. The number of H-pyrrole nitrogens is 1. The van der Waals surface area contributed by atoms with Crippen molar-refractivity contribution in [2.24, 2.45) is 0 Å². The minimum Gasteiger partial charge on any atom is -0.710 e. The number of halogens is 2. The van der Waals surface area contributed by atoms with Gasteiger partial charge in [-0.3, -0.25) is 4.79 Å². The lowest BCUT2D eigenvalue weighted by atomic mass is 9.91. The highest BCUT2D eigenvalue weighted by molar-refractivity contribution is 6.02. The van der Waals surface area contributed by atoms with Crippen molar-refractivity contribution in [3.8, 4) is 28.6 Å². The molecular formula is C29H26F2N4O2. The first-order valence-corrected chi connectivity index (χ1v) is 11.8. The van der Waals surface area contributed by atoms with Crippen LogP contribution in [0.2, 0.25) is 0 Å². The number of hydrogen-bond acceptors (Lipinski definition) is 3. The molecule has 188 valence electrons. The van der Waals surface area contributed by atoms with Gasteiger partial charge in [-0.2, -0.15) is 5.26 Å². The lowest BCUT2D eigenvalue weighted by molar-refractivity contribution is -0.594. The Morgan fingerprint density at radius 1 is 1.08 bits per heavy atom. The molecule has 1 amide bonds. The van der Waals surface area contributed by atoms with Gasteiger partial charge in [0.05, 0.1) is 17.2 Å². The molecule has 6 nitrogen and oxygen atoms in total. The van der Waals surface area contributed by atoms with Crippen molar-refractivity contribution in [2.45, 2.75) is 40.0 Å². The second-order valence-corrected chi connectivity index (χ2v) is 8.97. The molecule has 3 aromatic carbocycles. The van der Waals surface area contributed by atoms with Crippen molar-refractivity contribution in [3.05, 3.63) is 99.5 Å². The summed E-state index contributed by atoms with van der Waals surface area (Å²) in [7, 11) is 0. The monoisotopic (exact) mass is 500 g/mol. The van der Waals surface area contributed by atoms with E-state index in [1.807, 2.05) is 32.0 Å². The van der Waals surface area contributed by atoms with Crippen LogP contribution >= 0.6 is 0 Å².